The highest BCUT2D eigenvalue weighted by molar-refractivity contribution is 7.11. The molecule has 0 spiro atoms. The van der Waals surface area contributed by atoms with E-state index in [0.717, 1.165) is 11.1 Å². The van der Waals surface area contributed by atoms with E-state index in [0.29, 0.717) is 45.8 Å². The van der Waals surface area contributed by atoms with Crippen LogP contribution in [-0.4, -0.2) is 42.2 Å². The van der Waals surface area contributed by atoms with Crippen molar-refractivity contribution in [3.05, 3.63) is 40.0 Å². The third-order valence-electron chi connectivity index (χ3n) is 4.98. The Morgan fingerprint density at radius 2 is 1.83 bits per heavy atom. The second-order valence-electron chi connectivity index (χ2n) is 6.72. The highest BCUT2D eigenvalue weighted by Gasteiger charge is 2.31. The highest BCUT2D eigenvalue weighted by atomic mass is 32.1. The van der Waals surface area contributed by atoms with Crippen LogP contribution in [0.2, 0.25) is 0 Å². The molecule has 1 aliphatic heterocycles. The van der Waals surface area contributed by atoms with E-state index in [9.17, 15) is 4.79 Å². The molecule has 4 rings (SSSR count). The molecule has 0 unspecified atom stereocenters. The van der Waals surface area contributed by atoms with Gasteiger partial charge in [0.25, 0.3) is 11.1 Å². The number of carbonyl (C=O) groups is 1. The summed E-state index contributed by atoms with van der Waals surface area (Å²) in [6.07, 6.45) is 0.457. The number of aromatic nitrogens is 3. The zero-order valence-electron chi connectivity index (χ0n) is 17.0. The van der Waals surface area contributed by atoms with Gasteiger partial charge in [0, 0.05) is 17.4 Å². The first-order valence-corrected chi connectivity index (χ1v) is 10.0. The number of nitrogens with two attached hydrogens (primary N) is 1. The molecular formula is C20H21N5O4S. The summed E-state index contributed by atoms with van der Waals surface area (Å²) in [4.78, 5) is 25.8. The van der Waals surface area contributed by atoms with E-state index in [2.05, 4.69) is 20.3 Å². The van der Waals surface area contributed by atoms with Gasteiger partial charge >= 0.3 is 0 Å². The Morgan fingerprint density at radius 1 is 1.10 bits per heavy atom. The number of ether oxygens (including phenoxy) is 3. The van der Waals surface area contributed by atoms with E-state index >= 15 is 0 Å². The van der Waals surface area contributed by atoms with Gasteiger partial charge in [-0.2, -0.15) is 0 Å². The van der Waals surface area contributed by atoms with Gasteiger partial charge in [0.2, 0.25) is 5.95 Å². The Labute approximate surface area is 177 Å². The number of anilines is 1. The van der Waals surface area contributed by atoms with Crippen molar-refractivity contribution in [2.75, 3.05) is 27.1 Å². The van der Waals surface area contributed by atoms with Gasteiger partial charge in [0.1, 0.15) is 0 Å². The van der Waals surface area contributed by atoms with Crippen LogP contribution in [-0.2, 0) is 6.42 Å². The molecule has 1 amide bonds. The van der Waals surface area contributed by atoms with Crippen LogP contribution in [0.1, 0.15) is 33.4 Å². The Kier molecular flexibility index (Phi) is 5.17. The van der Waals surface area contributed by atoms with Crippen molar-refractivity contribution >= 4 is 23.2 Å². The second kappa shape index (κ2) is 7.79. The maximum atomic E-state index is 12.9. The van der Waals surface area contributed by atoms with E-state index < -0.39 is 0 Å². The minimum atomic E-state index is -0.360. The van der Waals surface area contributed by atoms with Crippen LogP contribution in [0.5, 0.6) is 16.7 Å². The molecule has 3 aromatic rings. The van der Waals surface area contributed by atoms with E-state index in [-0.39, 0.29) is 17.9 Å². The van der Waals surface area contributed by atoms with Crippen LogP contribution in [0, 0.1) is 6.92 Å². The second-order valence-corrected chi connectivity index (χ2v) is 7.54. The van der Waals surface area contributed by atoms with Gasteiger partial charge in [-0.1, -0.05) is 11.3 Å². The largest absolute Gasteiger partial charge is 0.493 e. The van der Waals surface area contributed by atoms with Crippen LogP contribution in [0.25, 0.3) is 11.3 Å². The molecule has 0 fully saturated rings. The van der Waals surface area contributed by atoms with Gasteiger partial charge < -0.3 is 25.3 Å². The van der Waals surface area contributed by atoms with Crippen molar-refractivity contribution in [2.45, 2.75) is 19.4 Å². The monoisotopic (exact) mass is 427 g/mol. The van der Waals surface area contributed by atoms with Gasteiger partial charge in [-0.05, 0) is 24.6 Å². The van der Waals surface area contributed by atoms with E-state index in [1.165, 1.54) is 11.3 Å². The highest BCUT2D eigenvalue weighted by Crippen LogP contribution is 2.41. The van der Waals surface area contributed by atoms with Crippen LogP contribution >= 0.6 is 11.3 Å². The third-order valence-corrected chi connectivity index (χ3v) is 5.78. The fourth-order valence-electron chi connectivity index (χ4n) is 3.64. The molecule has 0 bridgehead atoms. The lowest BCUT2D eigenvalue weighted by Crippen LogP contribution is -2.37. The van der Waals surface area contributed by atoms with Crippen molar-refractivity contribution in [1.29, 1.82) is 0 Å². The molecule has 0 radical (unpaired) electrons. The number of nitrogen functional groups attached to an aromatic ring is 1. The predicted molar refractivity (Wildman–Crippen MR) is 112 cm³/mol. The molecule has 3 N–H and O–H groups in total. The summed E-state index contributed by atoms with van der Waals surface area (Å²) in [5, 5.41) is 5.49. The number of benzene rings is 1. The normalized spacial score (nSPS) is 15.3. The number of fused-ring (bicyclic) bond motifs is 1. The summed E-state index contributed by atoms with van der Waals surface area (Å²) in [6, 6.07) is 3.35. The Balaban J connectivity index is 1.86. The average Bonchev–Trinajstić information content (AvgIpc) is 3.21. The average molecular weight is 427 g/mol. The molecule has 0 saturated carbocycles. The number of aryl methyl sites for hydroxylation is 1. The van der Waals surface area contributed by atoms with Crippen molar-refractivity contribution < 1.29 is 19.0 Å². The van der Waals surface area contributed by atoms with Gasteiger partial charge in [0.05, 0.1) is 50.0 Å². The molecule has 3 heterocycles. The van der Waals surface area contributed by atoms with E-state index in [1.807, 2.05) is 17.5 Å². The van der Waals surface area contributed by atoms with Crippen molar-refractivity contribution in [3.63, 3.8) is 0 Å². The smallest absolute Gasteiger partial charge is 0.273 e. The Morgan fingerprint density at radius 3 is 2.50 bits per heavy atom. The van der Waals surface area contributed by atoms with E-state index in [1.54, 1.807) is 28.3 Å². The topological polar surface area (TPSA) is 121 Å². The maximum absolute atomic E-state index is 12.9. The van der Waals surface area contributed by atoms with Crippen LogP contribution in [0.3, 0.4) is 0 Å². The van der Waals surface area contributed by atoms with Crippen LogP contribution < -0.4 is 25.3 Å². The number of rotatable bonds is 5. The number of thiazole rings is 1. The molecule has 0 aliphatic carbocycles. The lowest BCUT2D eigenvalue weighted by molar-refractivity contribution is 0.0922. The number of hydrogen-bond donors (Lipinski definition) is 2. The predicted octanol–water partition coefficient (Wildman–Crippen LogP) is 2.54. The molecule has 1 aromatic carbocycles. The number of carbonyl (C=O) groups excluding carboxylic acids is 1. The number of nitrogens with one attached hydrogen (secondary N) is 1. The quantitative estimate of drug-likeness (QED) is 0.637. The minimum absolute atomic E-state index is 0.150. The summed E-state index contributed by atoms with van der Waals surface area (Å²) in [7, 11) is 4.71. The standard InChI is InChI=1S/C20H21N5O4S/c1-9-17-13(24-19(21)22-9)7-12(23-18(17)26)10-5-15(27-2)16(28-3)6-11(10)14-8-30-20(25-14)29-4/h5-6,8,12H,7H2,1-4H3,(H,23,26)(H2,21,22,24)/t12-/m1/s1. The maximum Gasteiger partial charge on any atom is 0.273 e. The summed E-state index contributed by atoms with van der Waals surface area (Å²) in [5.41, 5.74) is 9.82. The van der Waals surface area contributed by atoms with Gasteiger partial charge in [0.15, 0.2) is 11.5 Å². The number of methoxy groups -OCH3 is 3. The minimum Gasteiger partial charge on any atom is -0.493 e. The summed E-state index contributed by atoms with van der Waals surface area (Å²) in [6.45, 7) is 1.75. The molecule has 1 aliphatic rings. The van der Waals surface area contributed by atoms with E-state index in [4.69, 9.17) is 19.9 Å². The zero-order chi connectivity index (χ0) is 21.4. The van der Waals surface area contributed by atoms with Gasteiger partial charge in [-0.25, -0.2) is 15.0 Å². The molecule has 10 heteroatoms. The Bertz CT molecular complexity index is 1130. The fraction of sp³-hybridized carbons (Fsp3) is 0.300. The number of amides is 1. The molecule has 30 heavy (non-hydrogen) atoms. The fourth-order valence-corrected chi connectivity index (χ4v) is 4.28. The SMILES string of the molecule is COc1nc(-c2cc(OC)c(OC)cc2[C@H]2Cc3nc(N)nc(C)c3C(=O)N2)cs1. The molecule has 1 atom stereocenters. The summed E-state index contributed by atoms with van der Waals surface area (Å²) in [5.74, 6) is 1.02. The molecule has 2 aromatic heterocycles. The molecule has 156 valence electrons. The lowest BCUT2D eigenvalue weighted by Gasteiger charge is -2.28. The third kappa shape index (κ3) is 3.39. The zero-order valence-corrected chi connectivity index (χ0v) is 17.8. The van der Waals surface area contributed by atoms with Crippen molar-refractivity contribution in [1.82, 2.24) is 20.3 Å². The first-order valence-electron chi connectivity index (χ1n) is 9.14. The van der Waals surface area contributed by atoms with Crippen LogP contribution in [0.15, 0.2) is 17.5 Å². The summed E-state index contributed by atoms with van der Waals surface area (Å²) >= 11 is 1.39. The Hall–Kier alpha value is -3.40. The van der Waals surface area contributed by atoms with Crippen molar-refractivity contribution in [2.24, 2.45) is 0 Å². The van der Waals surface area contributed by atoms with Crippen molar-refractivity contribution in [3.8, 4) is 28.0 Å². The molecule has 0 saturated heterocycles. The number of nitrogens with zero attached hydrogens (tertiary/aromatic N) is 3. The van der Waals surface area contributed by atoms with Gasteiger partial charge in [-0.3, -0.25) is 4.79 Å². The lowest BCUT2D eigenvalue weighted by atomic mass is 9.90. The van der Waals surface area contributed by atoms with Crippen LogP contribution in [0.4, 0.5) is 5.95 Å². The number of hydrogen-bond acceptors (Lipinski definition) is 9. The first-order chi connectivity index (χ1) is 14.4. The first kappa shape index (κ1) is 19.9. The van der Waals surface area contributed by atoms with Gasteiger partial charge in [-0.15, -0.1) is 0 Å². The summed E-state index contributed by atoms with van der Waals surface area (Å²) < 4.78 is 16.2. The molecular weight excluding hydrogens is 406 g/mol. The molecule has 9 nitrogen and oxygen atoms in total.